The van der Waals surface area contributed by atoms with Gasteiger partial charge in [-0.2, -0.15) is 5.10 Å². The van der Waals surface area contributed by atoms with Gasteiger partial charge < -0.3 is 11.1 Å². The van der Waals surface area contributed by atoms with Crippen molar-refractivity contribution in [3.05, 3.63) is 17.8 Å². The summed E-state index contributed by atoms with van der Waals surface area (Å²) >= 11 is 0. The number of primary amides is 1. The first kappa shape index (κ1) is 11.4. The number of aromatic nitrogens is 2. The van der Waals surface area contributed by atoms with Crippen LogP contribution in [-0.4, -0.2) is 22.6 Å². The van der Waals surface area contributed by atoms with Crippen molar-refractivity contribution in [3.63, 3.8) is 0 Å². The van der Waals surface area contributed by atoms with Crippen molar-refractivity contribution in [3.8, 4) is 0 Å². The summed E-state index contributed by atoms with van der Waals surface area (Å²) in [6.45, 7) is 5.87. The average molecular weight is 208 g/mol. The first-order chi connectivity index (χ1) is 6.92. The van der Waals surface area contributed by atoms with Gasteiger partial charge in [0, 0.05) is 6.54 Å². The quantitative estimate of drug-likeness (QED) is 0.763. The Morgan fingerprint density at radius 3 is 2.60 bits per heavy atom. The predicted octanol–water partition coefficient (Wildman–Crippen LogP) is 0.708. The molecule has 1 aromatic rings. The number of hydrogen-bond acceptors (Lipinski definition) is 4. The van der Waals surface area contributed by atoms with Crippen LogP contribution >= 0.6 is 0 Å². The van der Waals surface area contributed by atoms with Gasteiger partial charge in [-0.15, -0.1) is 5.10 Å². The van der Waals surface area contributed by atoms with E-state index in [2.05, 4.69) is 15.5 Å². The third-order valence-corrected chi connectivity index (χ3v) is 2.18. The van der Waals surface area contributed by atoms with Crippen LogP contribution in [0.4, 0.5) is 5.82 Å². The van der Waals surface area contributed by atoms with E-state index in [1.807, 2.05) is 19.1 Å². The van der Waals surface area contributed by atoms with Gasteiger partial charge in [-0.25, -0.2) is 0 Å². The van der Waals surface area contributed by atoms with Gasteiger partial charge in [0.1, 0.15) is 5.82 Å². The highest BCUT2D eigenvalue weighted by Crippen LogP contribution is 2.14. The molecule has 0 saturated heterocycles. The monoisotopic (exact) mass is 208 g/mol. The molecule has 0 spiro atoms. The van der Waals surface area contributed by atoms with Gasteiger partial charge in [-0.3, -0.25) is 4.79 Å². The summed E-state index contributed by atoms with van der Waals surface area (Å²) in [5.74, 6) is 0.310. The summed E-state index contributed by atoms with van der Waals surface area (Å²) in [7, 11) is 0. The standard InChI is InChI=1S/C10H16N4O/c1-7-4-5-8(14-13-7)12-6-10(2,3)9(11)15/h4-5H,6H2,1-3H3,(H2,11,15)(H,12,14). The summed E-state index contributed by atoms with van der Waals surface area (Å²) in [4.78, 5) is 11.0. The maximum atomic E-state index is 11.0. The number of rotatable bonds is 4. The maximum absolute atomic E-state index is 11.0. The lowest BCUT2D eigenvalue weighted by molar-refractivity contribution is -0.125. The number of anilines is 1. The van der Waals surface area contributed by atoms with E-state index in [1.54, 1.807) is 13.8 Å². The Labute approximate surface area is 89.1 Å². The van der Waals surface area contributed by atoms with Crippen molar-refractivity contribution in [1.29, 1.82) is 0 Å². The minimum Gasteiger partial charge on any atom is -0.369 e. The normalized spacial score (nSPS) is 11.1. The number of nitrogens with one attached hydrogen (secondary N) is 1. The summed E-state index contributed by atoms with van der Waals surface area (Å²) in [5, 5.41) is 10.8. The van der Waals surface area contributed by atoms with Crippen LogP contribution in [0.25, 0.3) is 0 Å². The van der Waals surface area contributed by atoms with E-state index in [0.29, 0.717) is 12.4 Å². The van der Waals surface area contributed by atoms with Gasteiger partial charge in [-0.05, 0) is 32.9 Å². The summed E-state index contributed by atoms with van der Waals surface area (Å²) in [6.07, 6.45) is 0. The fourth-order valence-electron chi connectivity index (χ4n) is 0.892. The minimum atomic E-state index is -0.591. The Hall–Kier alpha value is -1.65. The van der Waals surface area contributed by atoms with E-state index in [9.17, 15) is 4.79 Å². The van der Waals surface area contributed by atoms with Gasteiger partial charge in [0.2, 0.25) is 5.91 Å². The van der Waals surface area contributed by atoms with Gasteiger partial charge in [-0.1, -0.05) is 0 Å². The minimum absolute atomic E-state index is 0.338. The van der Waals surface area contributed by atoms with E-state index in [1.165, 1.54) is 0 Å². The number of nitrogens with two attached hydrogens (primary N) is 1. The van der Waals surface area contributed by atoms with Crippen molar-refractivity contribution in [2.24, 2.45) is 11.1 Å². The largest absolute Gasteiger partial charge is 0.369 e. The highest BCUT2D eigenvalue weighted by atomic mass is 16.1. The Morgan fingerprint density at radius 2 is 2.13 bits per heavy atom. The highest BCUT2D eigenvalue weighted by molar-refractivity contribution is 5.80. The van der Waals surface area contributed by atoms with Crippen LogP contribution in [0.5, 0.6) is 0 Å². The Kier molecular flexibility index (Phi) is 3.24. The molecule has 0 fully saturated rings. The van der Waals surface area contributed by atoms with Crippen LogP contribution in [0.1, 0.15) is 19.5 Å². The lowest BCUT2D eigenvalue weighted by atomic mass is 9.93. The summed E-state index contributed by atoms with van der Waals surface area (Å²) < 4.78 is 0. The summed E-state index contributed by atoms with van der Waals surface area (Å²) in [6, 6.07) is 3.67. The molecule has 0 bridgehead atoms. The third kappa shape index (κ3) is 3.19. The third-order valence-electron chi connectivity index (χ3n) is 2.18. The van der Waals surface area contributed by atoms with Gasteiger partial charge in [0.25, 0.3) is 0 Å². The van der Waals surface area contributed by atoms with Crippen LogP contribution < -0.4 is 11.1 Å². The van der Waals surface area contributed by atoms with Crippen molar-refractivity contribution in [1.82, 2.24) is 10.2 Å². The molecule has 0 aliphatic rings. The molecule has 1 aromatic heterocycles. The molecule has 15 heavy (non-hydrogen) atoms. The number of hydrogen-bond donors (Lipinski definition) is 2. The zero-order valence-electron chi connectivity index (χ0n) is 9.24. The molecule has 0 aliphatic heterocycles. The van der Waals surface area contributed by atoms with Crippen LogP contribution in [-0.2, 0) is 4.79 Å². The molecule has 3 N–H and O–H groups in total. The van der Waals surface area contributed by atoms with Crippen LogP contribution in [0.15, 0.2) is 12.1 Å². The second-order valence-corrected chi connectivity index (χ2v) is 4.16. The Morgan fingerprint density at radius 1 is 1.47 bits per heavy atom. The SMILES string of the molecule is Cc1ccc(NCC(C)(C)C(N)=O)nn1. The smallest absolute Gasteiger partial charge is 0.224 e. The molecule has 5 nitrogen and oxygen atoms in total. The fraction of sp³-hybridized carbons (Fsp3) is 0.500. The lowest BCUT2D eigenvalue weighted by Gasteiger charge is -2.20. The molecule has 1 heterocycles. The molecule has 0 saturated carbocycles. The van der Waals surface area contributed by atoms with E-state index >= 15 is 0 Å². The molecular weight excluding hydrogens is 192 g/mol. The molecule has 5 heteroatoms. The maximum Gasteiger partial charge on any atom is 0.224 e. The van der Waals surface area contributed by atoms with Crippen LogP contribution in [0.3, 0.4) is 0 Å². The first-order valence-corrected chi connectivity index (χ1v) is 4.76. The second-order valence-electron chi connectivity index (χ2n) is 4.16. The van der Waals surface area contributed by atoms with Crippen molar-refractivity contribution < 1.29 is 4.79 Å². The van der Waals surface area contributed by atoms with Gasteiger partial charge in [0.15, 0.2) is 0 Å². The fourth-order valence-corrected chi connectivity index (χ4v) is 0.892. The lowest BCUT2D eigenvalue weighted by Crippen LogP contribution is -2.37. The molecule has 82 valence electrons. The number of amides is 1. The van der Waals surface area contributed by atoms with Crippen LogP contribution in [0, 0.1) is 12.3 Å². The van der Waals surface area contributed by atoms with E-state index in [4.69, 9.17) is 5.73 Å². The van der Waals surface area contributed by atoms with Crippen molar-refractivity contribution in [2.45, 2.75) is 20.8 Å². The van der Waals surface area contributed by atoms with Crippen molar-refractivity contribution in [2.75, 3.05) is 11.9 Å². The molecule has 0 aliphatic carbocycles. The molecule has 1 amide bonds. The first-order valence-electron chi connectivity index (χ1n) is 4.76. The van der Waals surface area contributed by atoms with E-state index in [-0.39, 0.29) is 5.91 Å². The zero-order chi connectivity index (χ0) is 11.5. The average Bonchev–Trinajstić information content (AvgIpc) is 2.17. The van der Waals surface area contributed by atoms with E-state index in [0.717, 1.165) is 5.69 Å². The van der Waals surface area contributed by atoms with Gasteiger partial charge >= 0.3 is 0 Å². The zero-order valence-corrected chi connectivity index (χ0v) is 9.24. The van der Waals surface area contributed by atoms with Crippen molar-refractivity contribution >= 4 is 11.7 Å². The number of nitrogens with zero attached hydrogens (tertiary/aromatic N) is 2. The number of aryl methyl sites for hydroxylation is 1. The highest BCUT2D eigenvalue weighted by Gasteiger charge is 2.24. The Balaban J connectivity index is 2.57. The number of carbonyl (C=O) groups is 1. The van der Waals surface area contributed by atoms with E-state index < -0.39 is 5.41 Å². The molecule has 1 rings (SSSR count). The topological polar surface area (TPSA) is 80.9 Å². The second kappa shape index (κ2) is 4.25. The molecule has 0 atom stereocenters. The molecular formula is C10H16N4O. The predicted molar refractivity (Wildman–Crippen MR) is 58.2 cm³/mol. The van der Waals surface area contributed by atoms with Gasteiger partial charge in [0.05, 0.1) is 11.1 Å². The molecule has 0 unspecified atom stereocenters. The summed E-state index contributed by atoms with van der Waals surface area (Å²) in [5.41, 5.74) is 5.51. The Bertz CT molecular complexity index is 345. The number of carbonyl (C=O) groups excluding carboxylic acids is 1. The molecule has 0 radical (unpaired) electrons. The molecule has 0 aromatic carbocycles. The van der Waals surface area contributed by atoms with Crippen LogP contribution in [0.2, 0.25) is 0 Å².